The first-order valence-corrected chi connectivity index (χ1v) is 10.4. The molecule has 0 aliphatic carbocycles. The lowest BCUT2D eigenvalue weighted by atomic mass is 9.92. The van der Waals surface area contributed by atoms with E-state index in [0.29, 0.717) is 13.3 Å². The highest BCUT2D eigenvalue weighted by atomic mass is 16.5. The van der Waals surface area contributed by atoms with Crippen LogP contribution in [-0.2, 0) is 10.3 Å². The lowest BCUT2D eigenvalue weighted by molar-refractivity contribution is -0.132. The quantitative estimate of drug-likeness (QED) is 0.745. The first kappa shape index (κ1) is 20.2. The Labute approximate surface area is 177 Å². The van der Waals surface area contributed by atoms with Crippen LogP contribution in [0.1, 0.15) is 19.4 Å². The molecule has 2 aromatic carbocycles. The van der Waals surface area contributed by atoms with E-state index in [4.69, 9.17) is 4.74 Å². The molecule has 0 spiro atoms. The number of hydrogen-bond donors (Lipinski definition) is 1. The zero-order chi connectivity index (χ0) is 21.1. The van der Waals surface area contributed by atoms with Gasteiger partial charge < -0.3 is 15.0 Å². The molecule has 0 saturated carbocycles. The van der Waals surface area contributed by atoms with Crippen LogP contribution in [0.3, 0.4) is 0 Å². The van der Waals surface area contributed by atoms with Gasteiger partial charge in [0, 0.05) is 26.2 Å². The first-order chi connectivity index (χ1) is 14.5. The third-order valence-electron chi connectivity index (χ3n) is 5.85. The van der Waals surface area contributed by atoms with Crippen LogP contribution in [0.5, 0.6) is 5.75 Å². The number of rotatable bonds is 6. The van der Waals surface area contributed by atoms with Gasteiger partial charge in [-0.25, -0.2) is 9.69 Å². The fourth-order valence-electron chi connectivity index (χ4n) is 4.12. The summed E-state index contributed by atoms with van der Waals surface area (Å²) in [5, 5.41) is 2.88. The predicted octanol–water partition coefficient (Wildman–Crippen LogP) is 2.63. The first-order valence-electron chi connectivity index (χ1n) is 10.4. The maximum absolute atomic E-state index is 13.1. The molecule has 3 amide bonds. The normalized spacial score (nSPS) is 22.3. The molecular formula is C23H28N4O3. The molecule has 7 nitrogen and oxygen atoms in total. The van der Waals surface area contributed by atoms with Crippen molar-refractivity contribution < 1.29 is 14.3 Å². The smallest absolute Gasteiger partial charge is 0.326 e. The van der Waals surface area contributed by atoms with Crippen molar-refractivity contribution in [2.45, 2.75) is 19.4 Å². The van der Waals surface area contributed by atoms with E-state index >= 15 is 0 Å². The molecule has 0 aromatic heterocycles. The summed E-state index contributed by atoms with van der Waals surface area (Å²) in [6.45, 7) is 7.82. The molecule has 4 rings (SSSR count). The number of anilines is 1. The van der Waals surface area contributed by atoms with Gasteiger partial charge in [-0.2, -0.15) is 0 Å². The van der Waals surface area contributed by atoms with E-state index in [-0.39, 0.29) is 11.9 Å². The summed E-state index contributed by atoms with van der Waals surface area (Å²) in [4.78, 5) is 31.5. The molecule has 0 radical (unpaired) electrons. The molecule has 2 aliphatic heterocycles. The number of nitrogens with one attached hydrogen (secondary N) is 1. The van der Waals surface area contributed by atoms with E-state index in [0.717, 1.165) is 43.2 Å². The molecule has 2 saturated heterocycles. The minimum Gasteiger partial charge on any atom is -0.492 e. The van der Waals surface area contributed by atoms with E-state index in [1.807, 2.05) is 55.5 Å². The number of ether oxygens (including phenoxy) is 1. The Morgan fingerprint density at radius 2 is 1.63 bits per heavy atom. The van der Waals surface area contributed by atoms with E-state index in [1.54, 1.807) is 6.92 Å². The van der Waals surface area contributed by atoms with Gasteiger partial charge in [-0.15, -0.1) is 0 Å². The molecule has 2 aromatic rings. The fourth-order valence-corrected chi connectivity index (χ4v) is 4.12. The van der Waals surface area contributed by atoms with Crippen LogP contribution in [0.25, 0.3) is 0 Å². The van der Waals surface area contributed by atoms with Crippen LogP contribution < -0.4 is 15.0 Å². The van der Waals surface area contributed by atoms with Gasteiger partial charge in [-0.05, 0) is 31.5 Å². The third-order valence-corrected chi connectivity index (χ3v) is 5.85. The average molecular weight is 409 g/mol. The number of imide groups is 1. The van der Waals surface area contributed by atoms with Crippen LogP contribution in [0.15, 0.2) is 54.6 Å². The molecule has 1 N–H and O–H groups in total. The van der Waals surface area contributed by atoms with Gasteiger partial charge in [0.25, 0.3) is 5.91 Å². The van der Waals surface area contributed by atoms with Crippen molar-refractivity contribution in [2.75, 3.05) is 44.4 Å². The van der Waals surface area contributed by atoms with E-state index in [9.17, 15) is 9.59 Å². The zero-order valence-electron chi connectivity index (χ0n) is 17.5. The molecule has 0 bridgehead atoms. The van der Waals surface area contributed by atoms with Gasteiger partial charge in [-0.3, -0.25) is 9.69 Å². The Bertz CT molecular complexity index is 912. The van der Waals surface area contributed by atoms with Crippen LogP contribution in [-0.4, -0.2) is 61.2 Å². The molecule has 2 fully saturated rings. The van der Waals surface area contributed by atoms with E-state index in [2.05, 4.69) is 21.2 Å². The second kappa shape index (κ2) is 8.36. The standard InChI is InChI=1S/C23H28N4O3/c1-3-30-20-12-8-7-11-19(20)26-15-13-25(14-16-26)17-27-21(28)23(2,24-22(27)29)18-9-5-4-6-10-18/h4-12H,3,13-17H2,1-2H3,(H,24,29)/t23-/m0/s1. The Hall–Kier alpha value is -3.06. The maximum Gasteiger partial charge on any atom is 0.326 e. The summed E-state index contributed by atoms with van der Waals surface area (Å²) in [6, 6.07) is 17.1. The molecule has 7 heteroatoms. The minimum atomic E-state index is -1.02. The van der Waals surface area contributed by atoms with Crippen LogP contribution in [0, 0.1) is 0 Å². The lowest BCUT2D eigenvalue weighted by Gasteiger charge is -2.37. The van der Waals surface area contributed by atoms with E-state index in [1.165, 1.54) is 4.90 Å². The number of nitrogens with zero attached hydrogens (tertiary/aromatic N) is 3. The summed E-state index contributed by atoms with van der Waals surface area (Å²) in [6.07, 6.45) is 0. The number of benzene rings is 2. The number of amides is 3. The predicted molar refractivity (Wildman–Crippen MR) is 115 cm³/mol. The van der Waals surface area contributed by atoms with Crippen molar-refractivity contribution in [3.05, 3.63) is 60.2 Å². The highest BCUT2D eigenvalue weighted by Crippen LogP contribution is 2.30. The van der Waals surface area contributed by atoms with Crippen molar-refractivity contribution in [2.24, 2.45) is 0 Å². The molecule has 2 aliphatic rings. The number of urea groups is 1. The Kier molecular flexibility index (Phi) is 5.63. The van der Waals surface area contributed by atoms with Gasteiger partial charge in [0.1, 0.15) is 11.3 Å². The molecule has 1 atom stereocenters. The zero-order valence-corrected chi connectivity index (χ0v) is 17.5. The Balaban J connectivity index is 1.40. The fraction of sp³-hybridized carbons (Fsp3) is 0.391. The van der Waals surface area contributed by atoms with Crippen molar-refractivity contribution in [1.29, 1.82) is 0 Å². The molecule has 0 unspecified atom stereocenters. The monoisotopic (exact) mass is 408 g/mol. The summed E-state index contributed by atoms with van der Waals surface area (Å²) in [5.74, 6) is 0.684. The van der Waals surface area contributed by atoms with Crippen molar-refractivity contribution in [3.63, 3.8) is 0 Å². The third kappa shape index (κ3) is 3.73. The number of para-hydroxylation sites is 2. The molecular weight excluding hydrogens is 380 g/mol. The van der Waals surface area contributed by atoms with Crippen molar-refractivity contribution in [1.82, 2.24) is 15.1 Å². The number of carbonyl (C=O) groups is 2. The lowest BCUT2D eigenvalue weighted by Crippen LogP contribution is -2.51. The molecule has 30 heavy (non-hydrogen) atoms. The molecule has 158 valence electrons. The van der Waals surface area contributed by atoms with Crippen LogP contribution in [0.4, 0.5) is 10.5 Å². The van der Waals surface area contributed by atoms with Crippen molar-refractivity contribution >= 4 is 17.6 Å². The summed E-state index contributed by atoms with van der Waals surface area (Å²) in [7, 11) is 0. The number of hydrogen-bond acceptors (Lipinski definition) is 5. The van der Waals surface area contributed by atoms with Crippen LogP contribution in [0.2, 0.25) is 0 Å². The van der Waals surface area contributed by atoms with Gasteiger partial charge in [0.05, 0.1) is 19.0 Å². The average Bonchev–Trinajstić information content (AvgIpc) is 2.99. The second-order valence-corrected chi connectivity index (χ2v) is 7.80. The van der Waals surface area contributed by atoms with Crippen molar-refractivity contribution in [3.8, 4) is 5.75 Å². The summed E-state index contributed by atoms with van der Waals surface area (Å²) < 4.78 is 5.76. The molecule has 2 heterocycles. The SMILES string of the molecule is CCOc1ccccc1N1CCN(CN2C(=O)N[C@@](C)(c3ccccc3)C2=O)CC1. The Morgan fingerprint density at radius 1 is 0.967 bits per heavy atom. The second-order valence-electron chi connectivity index (χ2n) is 7.80. The summed E-state index contributed by atoms with van der Waals surface area (Å²) in [5.41, 5.74) is 0.866. The minimum absolute atomic E-state index is 0.206. The topological polar surface area (TPSA) is 65.1 Å². The summed E-state index contributed by atoms with van der Waals surface area (Å²) >= 11 is 0. The Morgan fingerprint density at radius 3 is 2.33 bits per heavy atom. The highest BCUT2D eigenvalue weighted by Gasteiger charge is 2.49. The van der Waals surface area contributed by atoms with Gasteiger partial charge >= 0.3 is 6.03 Å². The number of carbonyl (C=O) groups excluding carboxylic acids is 2. The van der Waals surface area contributed by atoms with Crippen LogP contribution >= 0.6 is 0 Å². The number of piperazine rings is 1. The van der Waals surface area contributed by atoms with E-state index < -0.39 is 5.54 Å². The van der Waals surface area contributed by atoms with Gasteiger partial charge in [-0.1, -0.05) is 42.5 Å². The van der Waals surface area contributed by atoms with Gasteiger partial charge in [0.15, 0.2) is 0 Å². The van der Waals surface area contributed by atoms with Gasteiger partial charge in [0.2, 0.25) is 0 Å². The maximum atomic E-state index is 13.1. The largest absolute Gasteiger partial charge is 0.492 e. The highest BCUT2D eigenvalue weighted by molar-refractivity contribution is 6.07.